The first-order chi connectivity index (χ1) is 6.81. The first-order valence-corrected chi connectivity index (χ1v) is 4.53. The highest BCUT2D eigenvalue weighted by Gasteiger charge is 2.15. The summed E-state index contributed by atoms with van der Waals surface area (Å²) in [4.78, 5) is 15.3. The molecule has 0 saturated carbocycles. The van der Waals surface area contributed by atoms with Gasteiger partial charge in [-0.1, -0.05) is 0 Å². The number of carbonyl (C=O) groups is 1. The molecule has 1 aromatic rings. The van der Waals surface area contributed by atoms with Crippen molar-refractivity contribution in [2.45, 2.75) is 12.8 Å². The van der Waals surface area contributed by atoms with Crippen molar-refractivity contribution in [2.75, 3.05) is 7.11 Å². The number of nitrogens with zero attached hydrogens (tertiary/aromatic N) is 1. The Labute approximate surface area is 82.4 Å². The molecule has 0 fully saturated rings. The Bertz CT molecular complexity index is 396. The second-order valence-electron chi connectivity index (χ2n) is 3.24. The number of rotatable bonds is 1. The lowest BCUT2D eigenvalue weighted by Crippen LogP contribution is -2.09. The molecule has 0 amide bonds. The Morgan fingerprint density at radius 3 is 3.14 bits per heavy atom. The van der Waals surface area contributed by atoms with Crippen molar-refractivity contribution in [3.63, 3.8) is 0 Å². The van der Waals surface area contributed by atoms with Crippen LogP contribution in [0.25, 0.3) is 6.08 Å². The van der Waals surface area contributed by atoms with E-state index in [1.807, 2.05) is 12.1 Å². The summed E-state index contributed by atoms with van der Waals surface area (Å²) in [6, 6.07) is 1.99. The molecule has 2 rings (SSSR count). The number of aromatic nitrogens is 1. The number of carbonyl (C=O) groups excluding carboxylic acids is 1. The molecule has 1 aliphatic carbocycles. The maximum Gasteiger partial charge on any atom is 0.333 e. The summed E-state index contributed by atoms with van der Waals surface area (Å²) in [5.74, 6) is -0.237. The van der Waals surface area contributed by atoms with Gasteiger partial charge in [0.15, 0.2) is 0 Å². The maximum atomic E-state index is 11.3. The van der Waals surface area contributed by atoms with E-state index >= 15 is 0 Å². The molecule has 0 radical (unpaired) electrons. The van der Waals surface area contributed by atoms with E-state index in [9.17, 15) is 4.79 Å². The second kappa shape index (κ2) is 3.62. The average molecular weight is 189 g/mol. The zero-order valence-corrected chi connectivity index (χ0v) is 7.99. The Hall–Kier alpha value is -1.64. The summed E-state index contributed by atoms with van der Waals surface area (Å²) in [7, 11) is 1.40. The molecule has 3 heteroatoms. The van der Waals surface area contributed by atoms with Gasteiger partial charge in [-0.05, 0) is 36.1 Å². The van der Waals surface area contributed by atoms with Crippen LogP contribution in [0, 0.1) is 0 Å². The van der Waals surface area contributed by atoms with Crippen molar-refractivity contribution >= 4 is 12.0 Å². The van der Waals surface area contributed by atoms with Gasteiger partial charge >= 0.3 is 5.97 Å². The summed E-state index contributed by atoms with van der Waals surface area (Å²) >= 11 is 0. The smallest absolute Gasteiger partial charge is 0.333 e. The molecule has 0 N–H and O–H groups in total. The van der Waals surface area contributed by atoms with Crippen LogP contribution in [0.2, 0.25) is 0 Å². The number of fused-ring (bicyclic) bond motifs is 1. The van der Waals surface area contributed by atoms with Crippen molar-refractivity contribution in [2.24, 2.45) is 0 Å². The molecule has 0 saturated heterocycles. The van der Waals surface area contributed by atoms with Crippen LogP contribution in [-0.4, -0.2) is 18.1 Å². The fraction of sp³-hybridized carbons (Fsp3) is 0.273. The van der Waals surface area contributed by atoms with Gasteiger partial charge in [0.1, 0.15) is 0 Å². The van der Waals surface area contributed by atoms with E-state index in [1.54, 1.807) is 12.4 Å². The van der Waals surface area contributed by atoms with E-state index in [0.29, 0.717) is 0 Å². The number of methoxy groups -OCH3 is 1. The lowest BCUT2D eigenvalue weighted by atomic mass is 9.94. The maximum absolute atomic E-state index is 11.3. The predicted molar refractivity (Wildman–Crippen MR) is 52.6 cm³/mol. The van der Waals surface area contributed by atoms with Crippen LogP contribution in [-0.2, 0) is 16.0 Å². The van der Waals surface area contributed by atoms with Crippen molar-refractivity contribution in [1.82, 2.24) is 4.98 Å². The van der Waals surface area contributed by atoms with Gasteiger partial charge in [-0.25, -0.2) is 4.79 Å². The highest BCUT2D eigenvalue weighted by molar-refractivity contribution is 5.94. The first-order valence-electron chi connectivity index (χ1n) is 4.53. The molecule has 14 heavy (non-hydrogen) atoms. The minimum Gasteiger partial charge on any atom is -0.466 e. The number of hydrogen-bond donors (Lipinski definition) is 0. The van der Waals surface area contributed by atoms with Crippen LogP contribution in [0.1, 0.15) is 17.5 Å². The third-order valence-electron chi connectivity index (χ3n) is 2.39. The molecular formula is C11H11NO2. The Balaban J connectivity index is 2.36. The standard InChI is InChI=1S/C11H11NO2/c1-14-11(13)9-3-2-8-4-5-12-7-10(8)6-9/h4-7H,2-3H2,1H3. The molecule has 1 heterocycles. The predicted octanol–water partition coefficient (Wildman–Crippen LogP) is 1.58. The summed E-state index contributed by atoms with van der Waals surface area (Å²) in [5.41, 5.74) is 3.00. The van der Waals surface area contributed by atoms with Gasteiger partial charge < -0.3 is 4.74 Å². The molecule has 0 aromatic carbocycles. The van der Waals surface area contributed by atoms with Crippen LogP contribution in [0.4, 0.5) is 0 Å². The lowest BCUT2D eigenvalue weighted by Gasteiger charge is -2.13. The van der Waals surface area contributed by atoms with Gasteiger partial charge in [-0.2, -0.15) is 0 Å². The summed E-state index contributed by atoms with van der Waals surface area (Å²) in [6.45, 7) is 0. The van der Waals surface area contributed by atoms with E-state index < -0.39 is 0 Å². The molecular weight excluding hydrogens is 178 g/mol. The van der Waals surface area contributed by atoms with E-state index in [-0.39, 0.29) is 5.97 Å². The fourth-order valence-corrected chi connectivity index (χ4v) is 1.61. The van der Waals surface area contributed by atoms with Gasteiger partial charge in [-0.15, -0.1) is 0 Å². The van der Waals surface area contributed by atoms with Gasteiger partial charge in [0, 0.05) is 18.0 Å². The number of ether oxygens (including phenoxy) is 1. The van der Waals surface area contributed by atoms with Gasteiger partial charge in [0.25, 0.3) is 0 Å². The van der Waals surface area contributed by atoms with Crippen molar-refractivity contribution in [1.29, 1.82) is 0 Å². The molecule has 72 valence electrons. The van der Waals surface area contributed by atoms with Crippen molar-refractivity contribution < 1.29 is 9.53 Å². The quantitative estimate of drug-likeness (QED) is 0.630. The Kier molecular flexibility index (Phi) is 2.31. The van der Waals surface area contributed by atoms with E-state index in [0.717, 1.165) is 24.0 Å². The van der Waals surface area contributed by atoms with Gasteiger partial charge in [-0.3, -0.25) is 4.98 Å². The summed E-state index contributed by atoms with van der Waals surface area (Å²) < 4.78 is 4.68. The van der Waals surface area contributed by atoms with E-state index in [2.05, 4.69) is 9.72 Å². The number of pyridine rings is 1. The first kappa shape index (κ1) is 8.94. The van der Waals surface area contributed by atoms with Crippen LogP contribution in [0.5, 0.6) is 0 Å². The Morgan fingerprint density at radius 1 is 1.50 bits per heavy atom. The molecule has 0 aliphatic heterocycles. The van der Waals surface area contributed by atoms with E-state index in [4.69, 9.17) is 0 Å². The minimum atomic E-state index is -0.237. The van der Waals surface area contributed by atoms with Gasteiger partial charge in [0.05, 0.1) is 7.11 Å². The second-order valence-corrected chi connectivity index (χ2v) is 3.24. The summed E-state index contributed by atoms with van der Waals surface area (Å²) in [5, 5.41) is 0. The van der Waals surface area contributed by atoms with E-state index in [1.165, 1.54) is 12.7 Å². The molecule has 0 unspecified atom stereocenters. The molecule has 1 aromatic heterocycles. The van der Waals surface area contributed by atoms with Crippen molar-refractivity contribution in [3.8, 4) is 0 Å². The average Bonchev–Trinajstić information content (AvgIpc) is 2.27. The zero-order valence-electron chi connectivity index (χ0n) is 7.99. The number of hydrogen-bond acceptors (Lipinski definition) is 3. The molecule has 1 aliphatic rings. The third-order valence-corrected chi connectivity index (χ3v) is 2.39. The van der Waals surface area contributed by atoms with Crippen LogP contribution in [0.15, 0.2) is 24.0 Å². The van der Waals surface area contributed by atoms with Crippen LogP contribution in [0.3, 0.4) is 0 Å². The number of esters is 1. The highest BCUT2D eigenvalue weighted by Crippen LogP contribution is 2.23. The Morgan fingerprint density at radius 2 is 2.36 bits per heavy atom. The monoisotopic (exact) mass is 189 g/mol. The molecule has 0 bridgehead atoms. The third kappa shape index (κ3) is 1.53. The minimum absolute atomic E-state index is 0.237. The normalized spacial score (nSPS) is 14.2. The lowest BCUT2D eigenvalue weighted by molar-refractivity contribution is -0.136. The fourth-order valence-electron chi connectivity index (χ4n) is 1.61. The summed E-state index contributed by atoms with van der Waals surface area (Å²) in [6.07, 6.45) is 7.05. The highest BCUT2D eigenvalue weighted by atomic mass is 16.5. The molecule has 0 spiro atoms. The SMILES string of the molecule is COC(=O)C1=Cc2cnccc2CC1. The van der Waals surface area contributed by atoms with Crippen LogP contribution >= 0.6 is 0 Å². The topological polar surface area (TPSA) is 39.2 Å². The molecule has 0 atom stereocenters. The van der Waals surface area contributed by atoms with Crippen molar-refractivity contribution in [3.05, 3.63) is 35.2 Å². The zero-order chi connectivity index (χ0) is 9.97. The molecule has 3 nitrogen and oxygen atoms in total. The van der Waals surface area contributed by atoms with Crippen LogP contribution < -0.4 is 0 Å². The number of aryl methyl sites for hydroxylation is 1. The van der Waals surface area contributed by atoms with Gasteiger partial charge in [0.2, 0.25) is 0 Å². The largest absolute Gasteiger partial charge is 0.466 e.